The van der Waals surface area contributed by atoms with Gasteiger partial charge in [0.05, 0.1) is 12.2 Å². The summed E-state index contributed by atoms with van der Waals surface area (Å²) in [5.74, 6) is 1.51. The number of ether oxygens (including phenoxy) is 1. The highest BCUT2D eigenvalue weighted by molar-refractivity contribution is 6.30. The molecule has 3 aromatic rings. The minimum atomic E-state index is 0.143. The Morgan fingerprint density at radius 3 is 2.41 bits per heavy atom. The van der Waals surface area contributed by atoms with Gasteiger partial charge in [0.15, 0.2) is 5.82 Å². The van der Waals surface area contributed by atoms with Crippen molar-refractivity contribution in [1.82, 2.24) is 19.5 Å². The van der Waals surface area contributed by atoms with E-state index >= 15 is 0 Å². The van der Waals surface area contributed by atoms with Crippen LogP contribution in [0.15, 0.2) is 42.9 Å². The van der Waals surface area contributed by atoms with Crippen LogP contribution in [0.4, 0.5) is 5.95 Å². The van der Waals surface area contributed by atoms with Crippen molar-refractivity contribution in [2.45, 2.75) is 26.1 Å². The fourth-order valence-electron chi connectivity index (χ4n) is 3.47. The predicted molar refractivity (Wildman–Crippen MR) is 107 cm³/mol. The molecule has 6 nitrogen and oxygen atoms in total. The van der Waals surface area contributed by atoms with Crippen molar-refractivity contribution in [3.63, 3.8) is 0 Å². The Bertz CT molecular complexity index is 930. The van der Waals surface area contributed by atoms with Gasteiger partial charge in [-0.25, -0.2) is 15.0 Å². The molecular weight excluding hydrogens is 362 g/mol. The van der Waals surface area contributed by atoms with Crippen LogP contribution in [0.3, 0.4) is 0 Å². The van der Waals surface area contributed by atoms with Gasteiger partial charge in [0.2, 0.25) is 5.95 Å². The molecule has 0 N–H and O–H groups in total. The van der Waals surface area contributed by atoms with E-state index < -0.39 is 0 Å². The lowest BCUT2D eigenvalue weighted by Crippen LogP contribution is -2.46. The van der Waals surface area contributed by atoms with E-state index in [1.807, 2.05) is 48.3 Å². The molecule has 1 fully saturated rings. The molecular formula is C20H22ClN5O. The zero-order valence-electron chi connectivity index (χ0n) is 15.6. The Kier molecular flexibility index (Phi) is 4.85. The lowest BCUT2D eigenvalue weighted by Gasteiger charge is -2.35. The normalized spacial score (nSPS) is 20.1. The highest BCUT2D eigenvalue weighted by Crippen LogP contribution is 2.31. The molecule has 0 spiro atoms. The molecule has 0 saturated carbocycles. The predicted octanol–water partition coefficient (Wildman–Crippen LogP) is 3.81. The number of morpholine rings is 1. The lowest BCUT2D eigenvalue weighted by molar-refractivity contribution is -0.00571. The molecule has 2 aromatic heterocycles. The molecule has 2 atom stereocenters. The maximum Gasteiger partial charge on any atom is 0.226 e. The summed E-state index contributed by atoms with van der Waals surface area (Å²) in [6, 6.07) is 7.70. The Morgan fingerprint density at radius 2 is 1.78 bits per heavy atom. The van der Waals surface area contributed by atoms with Crippen LogP contribution in [0.1, 0.15) is 13.8 Å². The minimum absolute atomic E-state index is 0.143. The monoisotopic (exact) mass is 383 g/mol. The second-order valence-electron chi connectivity index (χ2n) is 6.96. The molecule has 0 amide bonds. The van der Waals surface area contributed by atoms with E-state index in [0.717, 1.165) is 35.7 Å². The van der Waals surface area contributed by atoms with Crippen LogP contribution in [0.25, 0.3) is 22.6 Å². The molecule has 3 heterocycles. The molecule has 7 heteroatoms. The van der Waals surface area contributed by atoms with Crippen LogP contribution in [0.5, 0.6) is 0 Å². The average Bonchev–Trinajstić information content (AvgIpc) is 3.07. The van der Waals surface area contributed by atoms with Crippen LogP contribution < -0.4 is 4.90 Å². The Hall–Kier alpha value is -2.44. The third kappa shape index (κ3) is 3.68. The Labute approximate surface area is 163 Å². The molecule has 1 aromatic carbocycles. The van der Waals surface area contributed by atoms with Gasteiger partial charge in [-0.05, 0) is 31.5 Å². The number of rotatable bonds is 3. The van der Waals surface area contributed by atoms with E-state index in [1.54, 1.807) is 6.20 Å². The first-order valence-corrected chi connectivity index (χ1v) is 9.40. The van der Waals surface area contributed by atoms with Crippen molar-refractivity contribution in [2.75, 3.05) is 18.0 Å². The molecule has 27 heavy (non-hydrogen) atoms. The lowest BCUT2D eigenvalue weighted by atomic mass is 10.1. The number of hydrogen-bond acceptors (Lipinski definition) is 5. The fraction of sp³-hybridized carbons (Fsp3) is 0.350. The van der Waals surface area contributed by atoms with Crippen LogP contribution in [-0.4, -0.2) is 44.8 Å². The molecule has 4 rings (SSSR count). The highest BCUT2D eigenvalue weighted by Gasteiger charge is 2.25. The zero-order valence-corrected chi connectivity index (χ0v) is 16.4. The van der Waals surface area contributed by atoms with Gasteiger partial charge in [-0.1, -0.05) is 23.7 Å². The van der Waals surface area contributed by atoms with Gasteiger partial charge in [0.25, 0.3) is 0 Å². The quantitative estimate of drug-likeness (QED) is 0.688. The first-order chi connectivity index (χ1) is 13.0. The van der Waals surface area contributed by atoms with Crippen molar-refractivity contribution in [3.05, 3.63) is 47.9 Å². The minimum Gasteiger partial charge on any atom is -0.372 e. The third-order valence-corrected chi connectivity index (χ3v) is 4.92. The molecule has 1 aliphatic heterocycles. The second kappa shape index (κ2) is 7.29. The Balaban J connectivity index is 1.81. The summed E-state index contributed by atoms with van der Waals surface area (Å²) in [6.45, 7) is 5.68. The molecule has 0 radical (unpaired) electrons. The summed E-state index contributed by atoms with van der Waals surface area (Å²) in [5.41, 5.74) is 2.74. The van der Waals surface area contributed by atoms with Crippen molar-refractivity contribution >= 4 is 17.5 Å². The van der Waals surface area contributed by atoms with Crippen LogP contribution in [0.2, 0.25) is 5.02 Å². The first kappa shape index (κ1) is 17.9. The van der Waals surface area contributed by atoms with Crippen molar-refractivity contribution in [1.29, 1.82) is 0 Å². The van der Waals surface area contributed by atoms with E-state index in [-0.39, 0.29) is 12.2 Å². The van der Waals surface area contributed by atoms with Crippen LogP contribution in [-0.2, 0) is 11.8 Å². The fourth-order valence-corrected chi connectivity index (χ4v) is 3.60. The van der Waals surface area contributed by atoms with Gasteiger partial charge in [0, 0.05) is 49.3 Å². The van der Waals surface area contributed by atoms with Crippen molar-refractivity contribution < 1.29 is 4.74 Å². The molecule has 140 valence electrons. The van der Waals surface area contributed by atoms with E-state index in [9.17, 15) is 0 Å². The van der Waals surface area contributed by atoms with E-state index in [1.165, 1.54) is 0 Å². The number of aryl methyl sites for hydroxylation is 1. The largest absolute Gasteiger partial charge is 0.372 e. The van der Waals surface area contributed by atoms with Gasteiger partial charge in [-0.3, -0.25) is 0 Å². The molecule has 0 unspecified atom stereocenters. The maximum absolute atomic E-state index is 6.05. The zero-order chi connectivity index (χ0) is 19.0. The summed E-state index contributed by atoms with van der Waals surface area (Å²) in [7, 11) is 1.97. The SMILES string of the molecule is C[C@@H]1CN(c2ncc(-c3ccc(Cl)cc3)c(-c3nccn3C)n2)C[C@H](C)O1. The maximum atomic E-state index is 6.05. The van der Waals surface area contributed by atoms with Gasteiger partial charge in [-0.2, -0.15) is 0 Å². The van der Waals surface area contributed by atoms with E-state index in [2.05, 4.69) is 28.7 Å². The summed E-state index contributed by atoms with van der Waals surface area (Å²) < 4.78 is 7.81. The summed E-state index contributed by atoms with van der Waals surface area (Å²) in [6.07, 6.45) is 5.86. The third-order valence-electron chi connectivity index (χ3n) is 4.67. The summed E-state index contributed by atoms with van der Waals surface area (Å²) in [4.78, 5) is 16.3. The number of halogens is 1. The number of benzene rings is 1. The second-order valence-corrected chi connectivity index (χ2v) is 7.40. The summed E-state index contributed by atoms with van der Waals surface area (Å²) >= 11 is 6.05. The number of hydrogen-bond donors (Lipinski definition) is 0. The molecule has 0 aliphatic carbocycles. The van der Waals surface area contributed by atoms with E-state index in [4.69, 9.17) is 21.3 Å². The smallest absolute Gasteiger partial charge is 0.226 e. The van der Waals surface area contributed by atoms with Crippen molar-refractivity contribution in [2.24, 2.45) is 7.05 Å². The number of aromatic nitrogens is 4. The van der Waals surface area contributed by atoms with Gasteiger partial charge in [0.1, 0.15) is 5.69 Å². The van der Waals surface area contributed by atoms with E-state index in [0.29, 0.717) is 11.0 Å². The topological polar surface area (TPSA) is 56.1 Å². The first-order valence-electron chi connectivity index (χ1n) is 9.02. The standard InChI is InChI=1S/C20H22ClN5O/c1-13-11-26(12-14(2)27-13)20-23-10-17(15-4-6-16(21)7-5-15)18(24-20)19-22-8-9-25(19)3/h4-10,13-14H,11-12H2,1-3H3/t13-,14+. The van der Waals surface area contributed by atoms with Gasteiger partial charge < -0.3 is 14.2 Å². The molecule has 0 bridgehead atoms. The van der Waals surface area contributed by atoms with Crippen LogP contribution in [0, 0.1) is 0 Å². The molecule has 1 saturated heterocycles. The number of nitrogens with zero attached hydrogens (tertiary/aromatic N) is 5. The average molecular weight is 384 g/mol. The Morgan fingerprint density at radius 1 is 1.07 bits per heavy atom. The molecule has 1 aliphatic rings. The number of imidazole rings is 1. The summed E-state index contributed by atoms with van der Waals surface area (Å²) in [5, 5.41) is 0.700. The van der Waals surface area contributed by atoms with Gasteiger partial charge in [-0.15, -0.1) is 0 Å². The van der Waals surface area contributed by atoms with Gasteiger partial charge >= 0.3 is 0 Å². The van der Waals surface area contributed by atoms with Crippen molar-refractivity contribution in [3.8, 4) is 22.6 Å². The number of anilines is 1. The van der Waals surface area contributed by atoms with Crippen LogP contribution >= 0.6 is 11.6 Å². The highest BCUT2D eigenvalue weighted by atomic mass is 35.5.